The molecule has 0 saturated heterocycles. The average Bonchev–Trinajstić information content (AvgIpc) is 2.64. The highest BCUT2D eigenvalue weighted by atomic mass is 16.4. The van der Waals surface area contributed by atoms with E-state index in [2.05, 4.69) is 10.6 Å². The van der Waals surface area contributed by atoms with Crippen LogP contribution in [0.15, 0.2) is 33.5 Å². The number of benzene rings is 1. The number of fused-ring (bicyclic) bond motifs is 1. The quantitative estimate of drug-likeness (QED) is 0.474. The molecule has 0 aliphatic heterocycles. The van der Waals surface area contributed by atoms with E-state index in [1.54, 1.807) is 39.8 Å². The van der Waals surface area contributed by atoms with E-state index in [9.17, 15) is 24.3 Å². The molecular formula is C23H30N3O6-. The molecule has 0 spiro atoms. The molecule has 1 aromatic carbocycles. The lowest BCUT2D eigenvalue weighted by Crippen LogP contribution is -2.59. The van der Waals surface area contributed by atoms with Gasteiger partial charge in [-0.2, -0.15) is 0 Å². The molecular weight excluding hydrogens is 414 g/mol. The zero-order valence-electron chi connectivity index (χ0n) is 19.1. The Kier molecular flexibility index (Phi) is 8.02. The van der Waals surface area contributed by atoms with E-state index in [4.69, 9.17) is 4.42 Å². The van der Waals surface area contributed by atoms with Crippen molar-refractivity contribution in [3.63, 3.8) is 0 Å². The second kappa shape index (κ2) is 10.3. The van der Waals surface area contributed by atoms with E-state index in [1.807, 2.05) is 0 Å². The van der Waals surface area contributed by atoms with Crippen molar-refractivity contribution in [3.8, 4) is 0 Å². The Bertz CT molecular complexity index is 1050. The number of rotatable bonds is 8. The molecule has 1 atom stereocenters. The number of hydrogen-bond acceptors (Lipinski definition) is 6. The Hall–Kier alpha value is -3.36. The number of anilines is 1. The average molecular weight is 445 g/mol. The van der Waals surface area contributed by atoms with Crippen LogP contribution in [0.5, 0.6) is 0 Å². The van der Waals surface area contributed by atoms with E-state index in [1.165, 1.54) is 19.1 Å². The van der Waals surface area contributed by atoms with Crippen molar-refractivity contribution in [2.45, 2.75) is 65.5 Å². The van der Waals surface area contributed by atoms with Crippen molar-refractivity contribution in [3.05, 3.63) is 40.2 Å². The second-order valence-corrected chi connectivity index (χ2v) is 8.75. The lowest BCUT2D eigenvalue weighted by Gasteiger charge is -2.43. The van der Waals surface area contributed by atoms with E-state index in [0.29, 0.717) is 30.7 Å². The van der Waals surface area contributed by atoms with Gasteiger partial charge in [-0.05, 0) is 64.7 Å². The monoisotopic (exact) mass is 444 g/mol. The molecule has 2 N–H and O–H groups in total. The van der Waals surface area contributed by atoms with Crippen LogP contribution >= 0.6 is 0 Å². The van der Waals surface area contributed by atoms with E-state index in [-0.39, 0.29) is 12.3 Å². The maximum Gasteiger partial charge on any atom is 0.336 e. The Morgan fingerprint density at radius 3 is 2.44 bits per heavy atom. The Morgan fingerprint density at radius 2 is 1.84 bits per heavy atom. The molecule has 2 aromatic rings. The maximum absolute atomic E-state index is 13.1. The zero-order valence-corrected chi connectivity index (χ0v) is 19.1. The minimum absolute atomic E-state index is 0.150. The highest BCUT2D eigenvalue weighted by molar-refractivity contribution is 5.98. The molecule has 0 radical (unpaired) electrons. The molecule has 0 aliphatic carbocycles. The molecule has 0 bridgehead atoms. The van der Waals surface area contributed by atoms with Gasteiger partial charge in [0, 0.05) is 42.2 Å². The zero-order chi connectivity index (χ0) is 24.1. The summed E-state index contributed by atoms with van der Waals surface area (Å²) in [6, 6.07) is 5.32. The van der Waals surface area contributed by atoms with Crippen molar-refractivity contribution in [1.29, 1.82) is 0 Å². The van der Waals surface area contributed by atoms with E-state index >= 15 is 0 Å². The molecule has 32 heavy (non-hydrogen) atoms. The summed E-state index contributed by atoms with van der Waals surface area (Å²) in [6.07, 6.45) is -0.0864. The van der Waals surface area contributed by atoms with Gasteiger partial charge in [0.1, 0.15) is 17.7 Å². The van der Waals surface area contributed by atoms with Crippen molar-refractivity contribution < 1.29 is 23.9 Å². The third-order valence-electron chi connectivity index (χ3n) is 5.03. The van der Waals surface area contributed by atoms with Crippen molar-refractivity contribution >= 4 is 34.6 Å². The molecule has 1 heterocycles. The van der Waals surface area contributed by atoms with Crippen molar-refractivity contribution in [1.82, 2.24) is 10.2 Å². The van der Waals surface area contributed by atoms with Crippen LogP contribution in [0.2, 0.25) is 0 Å². The number of unbranched alkanes of at least 4 members (excludes halogenated alkanes) is 1. The van der Waals surface area contributed by atoms with Gasteiger partial charge in [0.2, 0.25) is 11.8 Å². The number of nitrogens with zero attached hydrogens (tertiary/aromatic N) is 1. The molecule has 174 valence electrons. The molecule has 1 aromatic heterocycles. The molecule has 9 heteroatoms. The number of carbonyl (C=O) groups excluding carboxylic acids is 3. The predicted octanol–water partition coefficient (Wildman–Crippen LogP) is 2.16. The van der Waals surface area contributed by atoms with Crippen LogP contribution in [0.4, 0.5) is 10.5 Å². The number of hydrogen-bond donors (Lipinski definition) is 2. The Labute approximate surface area is 186 Å². The van der Waals surface area contributed by atoms with Gasteiger partial charge in [-0.25, -0.2) is 4.79 Å². The molecule has 1 unspecified atom stereocenters. The highest BCUT2D eigenvalue weighted by Gasteiger charge is 2.33. The molecule has 9 nitrogen and oxygen atoms in total. The van der Waals surface area contributed by atoms with Crippen LogP contribution in [0.1, 0.15) is 52.5 Å². The normalized spacial score (nSPS) is 12.3. The standard InChI is InChI=1S/C23H31N3O6/c1-14-12-20(28)32-19-13-16(9-10-17(14)19)25-21(29)18(8-6-7-11-24-15(2)27)26(22(30)31)23(3,4)5/h9-10,12-13,18H,6-8,11H2,1-5H3,(H,24,27)(H,25,29)(H,30,31)/p-1. The Balaban J connectivity index is 2.26. The lowest BCUT2D eigenvalue weighted by atomic mass is 9.99. The van der Waals surface area contributed by atoms with Crippen LogP contribution in [-0.2, 0) is 9.59 Å². The first-order chi connectivity index (χ1) is 14.9. The third-order valence-corrected chi connectivity index (χ3v) is 5.03. The first-order valence-electron chi connectivity index (χ1n) is 10.5. The largest absolute Gasteiger partial charge is 0.530 e. The molecule has 2 rings (SSSR count). The maximum atomic E-state index is 13.1. The lowest BCUT2D eigenvalue weighted by molar-refractivity contribution is -0.273. The van der Waals surface area contributed by atoms with Gasteiger partial charge in [-0.3, -0.25) is 9.59 Å². The third kappa shape index (κ3) is 6.57. The fourth-order valence-electron chi connectivity index (χ4n) is 3.60. The van der Waals surface area contributed by atoms with Gasteiger partial charge in [0.15, 0.2) is 0 Å². The molecule has 0 aliphatic rings. The summed E-state index contributed by atoms with van der Waals surface area (Å²) >= 11 is 0. The first-order valence-corrected chi connectivity index (χ1v) is 10.5. The fourth-order valence-corrected chi connectivity index (χ4v) is 3.60. The summed E-state index contributed by atoms with van der Waals surface area (Å²) in [5.74, 6) is -0.665. The van der Waals surface area contributed by atoms with Crippen LogP contribution in [0, 0.1) is 6.92 Å². The number of aryl methyl sites for hydroxylation is 1. The fraction of sp³-hybridized carbons (Fsp3) is 0.478. The smallest absolute Gasteiger partial charge is 0.336 e. The van der Waals surface area contributed by atoms with Gasteiger partial charge < -0.3 is 29.9 Å². The summed E-state index contributed by atoms with van der Waals surface area (Å²) in [5.41, 5.74) is 0.0959. The minimum atomic E-state index is -1.44. The van der Waals surface area contributed by atoms with E-state index in [0.717, 1.165) is 15.8 Å². The van der Waals surface area contributed by atoms with Gasteiger partial charge in [-0.1, -0.05) is 0 Å². The first kappa shape index (κ1) is 24.9. The number of carbonyl (C=O) groups is 3. The summed E-state index contributed by atoms with van der Waals surface area (Å²) < 4.78 is 5.22. The summed E-state index contributed by atoms with van der Waals surface area (Å²) in [5, 5.41) is 18.1. The van der Waals surface area contributed by atoms with Crippen molar-refractivity contribution in [2.24, 2.45) is 0 Å². The van der Waals surface area contributed by atoms with Gasteiger partial charge in [0.05, 0.1) is 0 Å². The highest BCUT2D eigenvalue weighted by Crippen LogP contribution is 2.24. The second-order valence-electron chi connectivity index (χ2n) is 8.75. The van der Waals surface area contributed by atoms with Crippen LogP contribution in [0.25, 0.3) is 11.0 Å². The minimum Gasteiger partial charge on any atom is -0.530 e. The molecule has 3 amide bonds. The SMILES string of the molecule is CC(=O)NCCCCC(C(=O)Nc1ccc2c(C)cc(=O)oc2c1)N(C(=O)[O-])C(C)(C)C. The summed E-state index contributed by atoms with van der Waals surface area (Å²) in [7, 11) is 0. The predicted molar refractivity (Wildman–Crippen MR) is 119 cm³/mol. The summed E-state index contributed by atoms with van der Waals surface area (Å²) in [6.45, 7) is 8.71. The van der Waals surface area contributed by atoms with E-state index < -0.39 is 29.2 Å². The Morgan fingerprint density at radius 1 is 1.16 bits per heavy atom. The molecule has 0 fully saturated rings. The number of carboxylic acid groups (broad SMARTS) is 1. The van der Waals surface area contributed by atoms with Crippen molar-refractivity contribution in [2.75, 3.05) is 11.9 Å². The summed E-state index contributed by atoms with van der Waals surface area (Å²) in [4.78, 5) is 48.8. The van der Waals surface area contributed by atoms with Gasteiger partial charge in [-0.15, -0.1) is 0 Å². The van der Waals surface area contributed by atoms with Gasteiger partial charge >= 0.3 is 5.63 Å². The van der Waals surface area contributed by atoms with Crippen LogP contribution in [0.3, 0.4) is 0 Å². The van der Waals surface area contributed by atoms with Crippen LogP contribution < -0.4 is 21.4 Å². The number of nitrogens with one attached hydrogen (secondary N) is 2. The number of amides is 3. The molecule has 0 saturated carbocycles. The topological polar surface area (TPSA) is 132 Å². The van der Waals surface area contributed by atoms with Gasteiger partial charge in [0.25, 0.3) is 0 Å². The van der Waals surface area contributed by atoms with Crippen LogP contribution in [-0.4, -0.2) is 40.9 Å².